The Labute approximate surface area is 375 Å². The zero-order valence-electron chi connectivity index (χ0n) is 40.6. The van der Waals surface area contributed by atoms with Crippen LogP contribution in [0, 0.1) is 0 Å². The molecule has 0 radical (unpaired) electrons. The second-order valence-electron chi connectivity index (χ2n) is 18.8. The zero-order chi connectivity index (χ0) is 43.7. The second kappa shape index (κ2) is 50.5. The Hall–Kier alpha value is -1.17. The van der Waals surface area contributed by atoms with E-state index in [0.717, 1.165) is 44.9 Å². The molecule has 356 valence electrons. The average Bonchev–Trinajstić information content (AvgIpc) is 3.25. The number of amides is 1. The van der Waals surface area contributed by atoms with Crippen LogP contribution in [0.4, 0.5) is 0 Å². The molecule has 0 aromatic carbocycles. The van der Waals surface area contributed by atoms with Gasteiger partial charge in [0.25, 0.3) is 0 Å². The number of hydrogen-bond donors (Lipinski definition) is 4. The summed E-state index contributed by atoms with van der Waals surface area (Å²) in [4.78, 5) is 12.5. The Bertz CT molecular complexity index is 890. The molecule has 4 N–H and O–H groups in total. The molecule has 0 heterocycles. The maximum Gasteiger partial charge on any atom is 0.220 e. The fourth-order valence-corrected chi connectivity index (χ4v) is 8.59. The van der Waals surface area contributed by atoms with Crippen molar-refractivity contribution < 1.29 is 20.1 Å². The standard InChI is InChI=1S/C55H107NO4/c1-3-5-7-9-11-13-15-17-19-21-23-25-26-27-28-30-32-34-36-38-40-42-44-46-48-50-54(59)56-52(51-57)55(60)53(58)49-47-45-43-41-39-37-35-33-31-29-24-22-20-18-16-14-12-10-8-6-4-2/h33,35,41,43,52-53,55,57-58,60H,3-32,34,36-40,42,44-51H2,1-2H3,(H,56,59)/b35-33+,43-41+. The summed E-state index contributed by atoms with van der Waals surface area (Å²) in [5, 5.41) is 33.7. The summed E-state index contributed by atoms with van der Waals surface area (Å²) >= 11 is 0. The summed E-state index contributed by atoms with van der Waals surface area (Å²) in [5.41, 5.74) is 0. The highest BCUT2D eigenvalue weighted by Gasteiger charge is 2.26. The van der Waals surface area contributed by atoms with Gasteiger partial charge in [-0.05, 0) is 51.4 Å². The van der Waals surface area contributed by atoms with Gasteiger partial charge in [0.2, 0.25) is 5.91 Å². The molecule has 3 atom stereocenters. The molecule has 0 aromatic rings. The predicted octanol–water partition coefficient (Wildman–Crippen LogP) is 16.5. The van der Waals surface area contributed by atoms with Crippen molar-refractivity contribution in [2.24, 2.45) is 0 Å². The van der Waals surface area contributed by atoms with Gasteiger partial charge in [-0.2, -0.15) is 0 Å². The Balaban J connectivity index is 3.58. The molecule has 0 aliphatic heterocycles. The number of rotatable bonds is 50. The molecule has 0 spiro atoms. The van der Waals surface area contributed by atoms with Crippen molar-refractivity contribution in [1.29, 1.82) is 0 Å². The third-order valence-corrected chi connectivity index (χ3v) is 12.8. The van der Waals surface area contributed by atoms with Crippen LogP contribution in [0.15, 0.2) is 24.3 Å². The number of aliphatic hydroxyl groups excluding tert-OH is 3. The summed E-state index contributed by atoms with van der Waals surface area (Å²) < 4.78 is 0. The Morgan fingerprint density at radius 2 is 0.683 bits per heavy atom. The lowest BCUT2D eigenvalue weighted by Crippen LogP contribution is -2.50. The molecule has 3 unspecified atom stereocenters. The van der Waals surface area contributed by atoms with Gasteiger partial charge in [-0.3, -0.25) is 4.79 Å². The Morgan fingerprint density at radius 3 is 1.02 bits per heavy atom. The molecule has 0 aliphatic rings. The summed E-state index contributed by atoms with van der Waals surface area (Å²) in [5.74, 6) is -0.152. The first-order valence-corrected chi connectivity index (χ1v) is 27.1. The highest BCUT2D eigenvalue weighted by Crippen LogP contribution is 2.17. The second-order valence-corrected chi connectivity index (χ2v) is 18.8. The molecule has 1 amide bonds. The molecule has 5 nitrogen and oxygen atoms in total. The van der Waals surface area contributed by atoms with Gasteiger partial charge in [-0.25, -0.2) is 0 Å². The van der Waals surface area contributed by atoms with Crippen molar-refractivity contribution in [2.75, 3.05) is 6.61 Å². The van der Waals surface area contributed by atoms with Crippen LogP contribution in [0.1, 0.15) is 296 Å². The van der Waals surface area contributed by atoms with Crippen LogP contribution in [0.2, 0.25) is 0 Å². The van der Waals surface area contributed by atoms with E-state index < -0.39 is 18.2 Å². The first-order chi connectivity index (χ1) is 29.6. The molecule has 0 rings (SSSR count). The van der Waals surface area contributed by atoms with Gasteiger partial charge in [-0.1, -0.05) is 263 Å². The van der Waals surface area contributed by atoms with Crippen molar-refractivity contribution in [3.05, 3.63) is 24.3 Å². The minimum atomic E-state index is -1.16. The number of aliphatic hydroxyl groups is 3. The van der Waals surface area contributed by atoms with Crippen LogP contribution >= 0.6 is 0 Å². The summed E-state index contributed by atoms with van der Waals surface area (Å²) in [6, 6.07) is -0.830. The van der Waals surface area contributed by atoms with Crippen LogP contribution in [0.3, 0.4) is 0 Å². The van der Waals surface area contributed by atoms with Crippen LogP contribution in [-0.4, -0.2) is 46.1 Å². The Kier molecular flexibility index (Phi) is 49.5. The van der Waals surface area contributed by atoms with Gasteiger partial charge in [0.15, 0.2) is 0 Å². The zero-order valence-corrected chi connectivity index (χ0v) is 40.6. The molecule has 5 heteroatoms. The van der Waals surface area contributed by atoms with Gasteiger partial charge in [0, 0.05) is 6.42 Å². The van der Waals surface area contributed by atoms with Gasteiger partial charge in [0.1, 0.15) is 6.10 Å². The van der Waals surface area contributed by atoms with Crippen LogP contribution < -0.4 is 5.32 Å². The Morgan fingerprint density at radius 1 is 0.400 bits per heavy atom. The van der Waals surface area contributed by atoms with E-state index in [1.807, 2.05) is 0 Å². The quantitative estimate of drug-likeness (QED) is 0.0363. The van der Waals surface area contributed by atoms with E-state index in [4.69, 9.17) is 0 Å². The van der Waals surface area contributed by atoms with E-state index in [1.54, 1.807) is 0 Å². The van der Waals surface area contributed by atoms with E-state index >= 15 is 0 Å². The number of hydrogen-bond acceptors (Lipinski definition) is 4. The summed E-state index contributed by atoms with van der Waals surface area (Å²) in [7, 11) is 0. The largest absolute Gasteiger partial charge is 0.394 e. The monoisotopic (exact) mass is 846 g/mol. The average molecular weight is 846 g/mol. The fourth-order valence-electron chi connectivity index (χ4n) is 8.59. The van der Waals surface area contributed by atoms with E-state index in [-0.39, 0.29) is 12.5 Å². The maximum absolute atomic E-state index is 12.5. The van der Waals surface area contributed by atoms with E-state index in [2.05, 4.69) is 43.5 Å². The molecule has 0 aliphatic carbocycles. The number of carbonyl (C=O) groups is 1. The molecule has 0 aromatic heterocycles. The number of allylic oxidation sites excluding steroid dienone is 4. The van der Waals surface area contributed by atoms with Crippen molar-refractivity contribution in [2.45, 2.75) is 315 Å². The molecule has 60 heavy (non-hydrogen) atoms. The van der Waals surface area contributed by atoms with E-state index in [0.29, 0.717) is 12.8 Å². The van der Waals surface area contributed by atoms with Crippen molar-refractivity contribution in [3.63, 3.8) is 0 Å². The van der Waals surface area contributed by atoms with Crippen molar-refractivity contribution in [3.8, 4) is 0 Å². The molecule has 0 fully saturated rings. The molecule has 0 bridgehead atoms. The molecular weight excluding hydrogens is 739 g/mol. The smallest absolute Gasteiger partial charge is 0.220 e. The van der Waals surface area contributed by atoms with Crippen LogP contribution in [0.25, 0.3) is 0 Å². The number of unbranched alkanes of at least 4 members (excludes halogenated alkanes) is 38. The lowest BCUT2D eigenvalue weighted by Gasteiger charge is -2.26. The summed E-state index contributed by atoms with van der Waals surface area (Å²) in [6.07, 6.45) is 63.3. The first kappa shape index (κ1) is 58.8. The highest BCUT2D eigenvalue weighted by molar-refractivity contribution is 5.76. The lowest BCUT2D eigenvalue weighted by molar-refractivity contribution is -0.124. The van der Waals surface area contributed by atoms with E-state index in [1.165, 1.54) is 225 Å². The maximum atomic E-state index is 12.5. The highest BCUT2D eigenvalue weighted by atomic mass is 16.3. The SMILES string of the molecule is CCCCCCCCCCCCCC/C=C/CC/C=C/CCCC(O)C(O)C(CO)NC(=O)CCCCCCCCCCCCCCCCCCCCCCCCCCC. The predicted molar refractivity (Wildman–Crippen MR) is 264 cm³/mol. The molecule has 0 saturated heterocycles. The minimum Gasteiger partial charge on any atom is -0.394 e. The minimum absolute atomic E-state index is 0.152. The van der Waals surface area contributed by atoms with Gasteiger partial charge in [-0.15, -0.1) is 0 Å². The van der Waals surface area contributed by atoms with Crippen LogP contribution in [0.5, 0.6) is 0 Å². The number of carbonyl (C=O) groups excluding carboxylic acids is 1. The molecular formula is C55H107NO4. The summed E-state index contributed by atoms with van der Waals surface area (Å²) in [6.45, 7) is 4.20. The van der Waals surface area contributed by atoms with Crippen LogP contribution in [-0.2, 0) is 4.79 Å². The lowest BCUT2D eigenvalue weighted by atomic mass is 10.0. The third kappa shape index (κ3) is 44.9. The van der Waals surface area contributed by atoms with Gasteiger partial charge in [0.05, 0.1) is 18.8 Å². The van der Waals surface area contributed by atoms with Gasteiger partial charge < -0.3 is 20.6 Å². The van der Waals surface area contributed by atoms with Crippen molar-refractivity contribution >= 4 is 5.91 Å². The van der Waals surface area contributed by atoms with E-state index in [9.17, 15) is 20.1 Å². The first-order valence-electron chi connectivity index (χ1n) is 27.1. The number of nitrogens with one attached hydrogen (secondary N) is 1. The molecule has 0 saturated carbocycles. The normalized spacial score (nSPS) is 13.5. The third-order valence-electron chi connectivity index (χ3n) is 12.8. The van der Waals surface area contributed by atoms with Gasteiger partial charge >= 0.3 is 0 Å². The topological polar surface area (TPSA) is 89.8 Å². The fraction of sp³-hybridized carbons (Fsp3) is 0.909. The van der Waals surface area contributed by atoms with Crippen molar-refractivity contribution in [1.82, 2.24) is 5.32 Å².